The highest BCUT2D eigenvalue weighted by Gasteiger charge is 2.32. The first-order valence-corrected chi connectivity index (χ1v) is 9.12. The summed E-state index contributed by atoms with van der Waals surface area (Å²) < 4.78 is 0. The molecule has 0 aromatic heterocycles. The Balaban J connectivity index is 2.10. The van der Waals surface area contributed by atoms with E-state index >= 15 is 0 Å². The second kappa shape index (κ2) is 6.91. The van der Waals surface area contributed by atoms with Gasteiger partial charge in [0.15, 0.2) is 5.78 Å². The lowest BCUT2D eigenvalue weighted by Crippen LogP contribution is -2.58. The summed E-state index contributed by atoms with van der Waals surface area (Å²) >= 11 is 0. The van der Waals surface area contributed by atoms with Crippen molar-refractivity contribution >= 4 is 11.7 Å². The molecule has 1 heterocycles. The van der Waals surface area contributed by atoms with E-state index in [-0.39, 0.29) is 23.3 Å². The number of ketones is 1. The zero-order valence-electron chi connectivity index (χ0n) is 16.7. The molecule has 0 bridgehead atoms. The summed E-state index contributed by atoms with van der Waals surface area (Å²) in [5, 5.41) is 0. The minimum atomic E-state index is -0.413. The van der Waals surface area contributed by atoms with E-state index in [2.05, 4.69) is 32.6 Å². The molecule has 1 atom stereocenters. The van der Waals surface area contributed by atoms with Crippen LogP contribution in [0.25, 0.3) is 0 Å². The minimum Gasteiger partial charge on any atom is -0.333 e. The zero-order valence-corrected chi connectivity index (χ0v) is 16.7. The van der Waals surface area contributed by atoms with Crippen molar-refractivity contribution in [2.45, 2.75) is 60.0 Å². The van der Waals surface area contributed by atoms with Crippen LogP contribution in [0.5, 0.6) is 0 Å². The van der Waals surface area contributed by atoms with Crippen LogP contribution in [0.3, 0.4) is 0 Å². The second-order valence-corrected chi connectivity index (χ2v) is 9.12. The number of hydrogen-bond acceptors (Lipinski definition) is 3. The molecule has 4 nitrogen and oxygen atoms in total. The van der Waals surface area contributed by atoms with Gasteiger partial charge in [-0.2, -0.15) is 0 Å². The molecule has 0 spiro atoms. The molecule has 2 rings (SSSR count). The van der Waals surface area contributed by atoms with E-state index in [0.29, 0.717) is 11.1 Å². The molecule has 1 aliphatic heterocycles. The van der Waals surface area contributed by atoms with E-state index in [0.717, 1.165) is 19.6 Å². The van der Waals surface area contributed by atoms with Crippen LogP contribution < -0.4 is 0 Å². The van der Waals surface area contributed by atoms with Gasteiger partial charge < -0.3 is 4.90 Å². The van der Waals surface area contributed by atoms with Crippen molar-refractivity contribution in [1.29, 1.82) is 0 Å². The van der Waals surface area contributed by atoms with Crippen LogP contribution >= 0.6 is 0 Å². The van der Waals surface area contributed by atoms with Gasteiger partial charge in [0.2, 0.25) is 0 Å². The fourth-order valence-electron chi connectivity index (χ4n) is 3.23. The third-order valence-corrected chi connectivity index (χ3v) is 4.91. The molecule has 0 unspecified atom stereocenters. The lowest BCUT2D eigenvalue weighted by molar-refractivity contribution is 0.0241. The van der Waals surface area contributed by atoms with Crippen LogP contribution in [0.1, 0.15) is 69.2 Å². The highest BCUT2D eigenvalue weighted by molar-refractivity contribution is 6.01. The van der Waals surface area contributed by atoms with Gasteiger partial charge in [0.1, 0.15) is 0 Å². The summed E-state index contributed by atoms with van der Waals surface area (Å²) in [6.45, 7) is 17.0. The number of nitrogens with zero attached hydrogens (tertiary/aromatic N) is 2. The number of rotatable bonds is 2. The summed E-state index contributed by atoms with van der Waals surface area (Å²) in [5.74, 6) is 0.148. The Morgan fingerprint density at radius 3 is 1.88 bits per heavy atom. The van der Waals surface area contributed by atoms with E-state index in [1.165, 1.54) is 0 Å². The van der Waals surface area contributed by atoms with Crippen LogP contribution in [-0.4, -0.2) is 52.7 Å². The Labute approximate surface area is 152 Å². The van der Waals surface area contributed by atoms with E-state index in [1.54, 1.807) is 24.3 Å². The molecule has 138 valence electrons. The molecule has 1 amide bonds. The van der Waals surface area contributed by atoms with Crippen molar-refractivity contribution in [3.8, 4) is 0 Å². The average molecular weight is 344 g/mol. The number of carbonyl (C=O) groups excluding carboxylic acids is 2. The van der Waals surface area contributed by atoms with Gasteiger partial charge in [-0.3, -0.25) is 14.5 Å². The maximum atomic E-state index is 12.9. The van der Waals surface area contributed by atoms with E-state index in [4.69, 9.17) is 0 Å². The van der Waals surface area contributed by atoms with Gasteiger partial charge in [0, 0.05) is 47.8 Å². The molecule has 1 aromatic carbocycles. The normalized spacial score (nSPS) is 19.8. The van der Waals surface area contributed by atoms with Gasteiger partial charge in [0.25, 0.3) is 5.91 Å². The van der Waals surface area contributed by atoms with Crippen molar-refractivity contribution < 1.29 is 9.59 Å². The second-order valence-electron chi connectivity index (χ2n) is 9.12. The molecular formula is C21H32N2O2. The largest absolute Gasteiger partial charge is 0.333 e. The summed E-state index contributed by atoms with van der Waals surface area (Å²) in [5.41, 5.74) is 1.03. The highest BCUT2D eigenvalue weighted by atomic mass is 16.2. The number of benzene rings is 1. The number of carbonyl (C=O) groups is 2. The van der Waals surface area contributed by atoms with Gasteiger partial charge in [-0.05, 0) is 39.8 Å². The SMILES string of the molecule is C[C@@H]1CN(C(C)(C)C)CCN1C(=O)c1ccc(C(=O)C(C)(C)C)cc1. The highest BCUT2D eigenvalue weighted by Crippen LogP contribution is 2.23. The average Bonchev–Trinajstić information content (AvgIpc) is 2.52. The molecule has 0 saturated carbocycles. The summed E-state index contributed by atoms with van der Waals surface area (Å²) in [4.78, 5) is 29.6. The van der Waals surface area contributed by atoms with Crippen molar-refractivity contribution in [3.05, 3.63) is 35.4 Å². The fraction of sp³-hybridized carbons (Fsp3) is 0.619. The number of hydrogen-bond donors (Lipinski definition) is 0. The monoisotopic (exact) mass is 344 g/mol. The van der Waals surface area contributed by atoms with E-state index in [1.807, 2.05) is 25.7 Å². The van der Waals surface area contributed by atoms with Gasteiger partial charge in [-0.25, -0.2) is 0 Å². The van der Waals surface area contributed by atoms with Gasteiger partial charge in [0.05, 0.1) is 0 Å². The lowest BCUT2D eigenvalue weighted by atomic mass is 9.86. The molecule has 0 aliphatic carbocycles. The van der Waals surface area contributed by atoms with E-state index in [9.17, 15) is 9.59 Å². The smallest absolute Gasteiger partial charge is 0.254 e. The Morgan fingerprint density at radius 1 is 0.920 bits per heavy atom. The Morgan fingerprint density at radius 2 is 1.44 bits per heavy atom. The Hall–Kier alpha value is -1.68. The fourth-order valence-corrected chi connectivity index (χ4v) is 3.23. The van der Waals surface area contributed by atoms with Crippen LogP contribution in [0, 0.1) is 5.41 Å². The first-order valence-electron chi connectivity index (χ1n) is 9.12. The minimum absolute atomic E-state index is 0.0517. The number of amides is 1. The molecule has 25 heavy (non-hydrogen) atoms. The molecule has 1 aliphatic rings. The quantitative estimate of drug-likeness (QED) is 0.765. The first kappa shape index (κ1) is 19.6. The molecular weight excluding hydrogens is 312 g/mol. The third kappa shape index (κ3) is 4.49. The van der Waals surface area contributed by atoms with Crippen molar-refractivity contribution in [2.75, 3.05) is 19.6 Å². The maximum Gasteiger partial charge on any atom is 0.254 e. The first-order chi connectivity index (χ1) is 11.4. The van der Waals surface area contributed by atoms with Crippen molar-refractivity contribution in [3.63, 3.8) is 0 Å². The molecule has 4 heteroatoms. The summed E-state index contributed by atoms with van der Waals surface area (Å²) in [7, 11) is 0. The predicted molar refractivity (Wildman–Crippen MR) is 102 cm³/mol. The zero-order chi connectivity index (χ0) is 19.0. The third-order valence-electron chi connectivity index (χ3n) is 4.91. The van der Waals surface area contributed by atoms with Crippen LogP contribution in [0.2, 0.25) is 0 Å². The van der Waals surface area contributed by atoms with E-state index < -0.39 is 5.41 Å². The topological polar surface area (TPSA) is 40.6 Å². The van der Waals surface area contributed by atoms with Crippen LogP contribution in [0.4, 0.5) is 0 Å². The Bertz CT molecular complexity index is 635. The van der Waals surface area contributed by atoms with Crippen LogP contribution in [-0.2, 0) is 0 Å². The summed E-state index contributed by atoms with van der Waals surface area (Å²) in [6.07, 6.45) is 0. The Kier molecular flexibility index (Phi) is 5.43. The molecule has 1 fully saturated rings. The number of piperazine rings is 1. The van der Waals surface area contributed by atoms with Crippen LogP contribution in [0.15, 0.2) is 24.3 Å². The molecule has 0 N–H and O–H groups in total. The number of Topliss-reactive ketones (excluding diaryl/α,β-unsaturated/α-hetero) is 1. The standard InChI is InChI=1S/C21H32N2O2/c1-15-14-22(21(5,6)7)12-13-23(15)19(25)17-10-8-16(9-11-17)18(24)20(2,3)4/h8-11,15H,12-14H2,1-7H3/t15-/m1/s1. The maximum absolute atomic E-state index is 12.9. The van der Waals surface area contributed by atoms with Gasteiger partial charge in [-0.1, -0.05) is 32.9 Å². The van der Waals surface area contributed by atoms with Gasteiger partial charge in [-0.15, -0.1) is 0 Å². The molecule has 1 saturated heterocycles. The predicted octanol–water partition coefficient (Wildman–Crippen LogP) is 3.86. The van der Waals surface area contributed by atoms with Gasteiger partial charge >= 0.3 is 0 Å². The van der Waals surface area contributed by atoms with Crippen molar-refractivity contribution in [1.82, 2.24) is 9.80 Å². The van der Waals surface area contributed by atoms with Crippen molar-refractivity contribution in [2.24, 2.45) is 5.41 Å². The summed E-state index contributed by atoms with van der Waals surface area (Å²) in [6, 6.07) is 7.29. The lowest BCUT2D eigenvalue weighted by Gasteiger charge is -2.45. The molecule has 1 aromatic rings. The molecule has 0 radical (unpaired) electrons.